The summed E-state index contributed by atoms with van der Waals surface area (Å²) in [5, 5.41) is 8.98. The molecule has 0 heterocycles. The van der Waals surface area contributed by atoms with Gasteiger partial charge in [0.05, 0.1) is 0 Å². The topological polar surface area (TPSA) is 46.2 Å². The van der Waals surface area contributed by atoms with Gasteiger partial charge in [-0.2, -0.15) is 0 Å². The summed E-state index contributed by atoms with van der Waals surface area (Å²) in [5.41, 5.74) is 5.54. The molecule has 72 valence electrons. The SMILES string of the molecule is NC[C@@H](CO)CC1CCCCC1. The molecule has 0 aliphatic heterocycles. The van der Waals surface area contributed by atoms with Crippen LogP contribution in [0.15, 0.2) is 0 Å². The molecule has 1 atom stereocenters. The van der Waals surface area contributed by atoms with Crippen molar-refractivity contribution in [3.8, 4) is 0 Å². The van der Waals surface area contributed by atoms with Crippen LogP contribution in [-0.4, -0.2) is 18.3 Å². The molecule has 2 heteroatoms. The van der Waals surface area contributed by atoms with Gasteiger partial charge in [-0.05, 0) is 24.8 Å². The maximum Gasteiger partial charge on any atom is 0.0471 e. The second-order valence-electron chi connectivity index (χ2n) is 4.02. The Balaban J connectivity index is 2.18. The van der Waals surface area contributed by atoms with Crippen LogP contribution in [0.5, 0.6) is 0 Å². The van der Waals surface area contributed by atoms with Gasteiger partial charge in [-0.1, -0.05) is 32.1 Å². The minimum absolute atomic E-state index is 0.271. The molecule has 0 aromatic carbocycles. The lowest BCUT2D eigenvalue weighted by Crippen LogP contribution is -2.22. The number of hydrogen-bond donors (Lipinski definition) is 2. The quantitative estimate of drug-likeness (QED) is 0.673. The van der Waals surface area contributed by atoms with Crippen molar-refractivity contribution in [1.82, 2.24) is 0 Å². The Morgan fingerprint density at radius 1 is 1.25 bits per heavy atom. The van der Waals surface area contributed by atoms with Crippen LogP contribution in [0.1, 0.15) is 38.5 Å². The molecule has 0 saturated heterocycles. The van der Waals surface area contributed by atoms with E-state index >= 15 is 0 Å². The zero-order valence-corrected chi connectivity index (χ0v) is 7.84. The molecule has 1 rings (SSSR count). The van der Waals surface area contributed by atoms with Gasteiger partial charge in [0.25, 0.3) is 0 Å². The van der Waals surface area contributed by atoms with Crippen molar-refractivity contribution in [2.45, 2.75) is 38.5 Å². The lowest BCUT2D eigenvalue weighted by Gasteiger charge is -2.24. The lowest BCUT2D eigenvalue weighted by atomic mass is 9.83. The van der Waals surface area contributed by atoms with E-state index < -0.39 is 0 Å². The van der Waals surface area contributed by atoms with Crippen molar-refractivity contribution < 1.29 is 5.11 Å². The van der Waals surface area contributed by atoms with Gasteiger partial charge in [-0.25, -0.2) is 0 Å². The second-order valence-corrected chi connectivity index (χ2v) is 4.02. The Morgan fingerprint density at radius 2 is 1.92 bits per heavy atom. The summed E-state index contributed by atoms with van der Waals surface area (Å²) in [4.78, 5) is 0. The van der Waals surface area contributed by atoms with Gasteiger partial charge in [-0.15, -0.1) is 0 Å². The van der Waals surface area contributed by atoms with E-state index in [9.17, 15) is 0 Å². The summed E-state index contributed by atoms with van der Waals surface area (Å²) in [6.45, 7) is 0.917. The molecule has 0 spiro atoms. The molecular formula is C10H21NO. The van der Waals surface area contributed by atoms with Crippen molar-refractivity contribution >= 4 is 0 Å². The molecular weight excluding hydrogens is 150 g/mol. The minimum Gasteiger partial charge on any atom is -0.396 e. The number of aliphatic hydroxyl groups excluding tert-OH is 1. The zero-order chi connectivity index (χ0) is 8.81. The van der Waals surface area contributed by atoms with Gasteiger partial charge >= 0.3 is 0 Å². The van der Waals surface area contributed by atoms with E-state index in [0.29, 0.717) is 12.5 Å². The molecule has 0 radical (unpaired) electrons. The molecule has 3 N–H and O–H groups in total. The third-order valence-corrected chi connectivity index (χ3v) is 2.98. The molecule has 1 aliphatic rings. The van der Waals surface area contributed by atoms with Gasteiger partial charge in [0.2, 0.25) is 0 Å². The minimum atomic E-state index is 0.271. The molecule has 12 heavy (non-hydrogen) atoms. The first-order valence-corrected chi connectivity index (χ1v) is 5.17. The van der Waals surface area contributed by atoms with Gasteiger partial charge < -0.3 is 10.8 Å². The summed E-state index contributed by atoms with van der Waals surface area (Å²) in [5.74, 6) is 1.20. The Morgan fingerprint density at radius 3 is 2.42 bits per heavy atom. The molecule has 1 fully saturated rings. The molecule has 0 unspecified atom stereocenters. The maximum absolute atomic E-state index is 8.98. The highest BCUT2D eigenvalue weighted by molar-refractivity contribution is 4.70. The third-order valence-electron chi connectivity index (χ3n) is 2.98. The summed E-state index contributed by atoms with van der Waals surface area (Å²) in [6.07, 6.45) is 8.03. The van der Waals surface area contributed by atoms with E-state index in [0.717, 1.165) is 12.3 Å². The van der Waals surface area contributed by atoms with Gasteiger partial charge in [0.1, 0.15) is 0 Å². The van der Waals surface area contributed by atoms with E-state index in [4.69, 9.17) is 10.8 Å². The smallest absolute Gasteiger partial charge is 0.0471 e. The van der Waals surface area contributed by atoms with Crippen LogP contribution in [0.3, 0.4) is 0 Å². The highest BCUT2D eigenvalue weighted by Gasteiger charge is 2.17. The fraction of sp³-hybridized carbons (Fsp3) is 1.00. The van der Waals surface area contributed by atoms with E-state index in [-0.39, 0.29) is 6.61 Å². The Kier molecular flexibility index (Phi) is 4.62. The second kappa shape index (κ2) is 5.55. The standard InChI is InChI=1S/C10H21NO/c11-7-10(8-12)6-9-4-2-1-3-5-9/h9-10,12H,1-8,11H2/t10-/m0/s1. The third kappa shape index (κ3) is 3.11. The van der Waals surface area contributed by atoms with Gasteiger partial charge in [0, 0.05) is 6.61 Å². The largest absolute Gasteiger partial charge is 0.396 e. The van der Waals surface area contributed by atoms with E-state index in [1.165, 1.54) is 32.1 Å². The highest BCUT2D eigenvalue weighted by Crippen LogP contribution is 2.28. The number of rotatable bonds is 4. The van der Waals surface area contributed by atoms with Crippen molar-refractivity contribution in [1.29, 1.82) is 0 Å². The highest BCUT2D eigenvalue weighted by atomic mass is 16.3. The Labute approximate surface area is 75.2 Å². The van der Waals surface area contributed by atoms with Crippen LogP contribution in [0.4, 0.5) is 0 Å². The molecule has 0 bridgehead atoms. The summed E-state index contributed by atoms with van der Waals surface area (Å²) in [7, 11) is 0. The molecule has 1 aliphatic carbocycles. The zero-order valence-electron chi connectivity index (χ0n) is 7.84. The Bertz CT molecular complexity index is 106. The average molecular weight is 171 g/mol. The number of nitrogens with two attached hydrogens (primary N) is 1. The van der Waals surface area contributed by atoms with Crippen LogP contribution >= 0.6 is 0 Å². The van der Waals surface area contributed by atoms with Crippen LogP contribution in [-0.2, 0) is 0 Å². The van der Waals surface area contributed by atoms with Crippen molar-refractivity contribution in [3.05, 3.63) is 0 Å². The molecule has 2 nitrogen and oxygen atoms in total. The predicted molar refractivity (Wildman–Crippen MR) is 50.8 cm³/mol. The van der Waals surface area contributed by atoms with Crippen LogP contribution < -0.4 is 5.73 Å². The first-order chi connectivity index (χ1) is 5.86. The predicted octanol–water partition coefficient (Wildman–Crippen LogP) is 1.52. The van der Waals surface area contributed by atoms with Crippen molar-refractivity contribution in [2.24, 2.45) is 17.6 Å². The van der Waals surface area contributed by atoms with Crippen molar-refractivity contribution in [2.75, 3.05) is 13.2 Å². The first-order valence-electron chi connectivity index (χ1n) is 5.17. The molecule has 0 amide bonds. The van der Waals surface area contributed by atoms with Gasteiger partial charge in [-0.3, -0.25) is 0 Å². The van der Waals surface area contributed by atoms with Crippen LogP contribution in [0.25, 0.3) is 0 Å². The molecule has 1 saturated carbocycles. The summed E-state index contributed by atoms with van der Waals surface area (Å²) in [6, 6.07) is 0. The van der Waals surface area contributed by atoms with E-state index in [2.05, 4.69) is 0 Å². The fourth-order valence-electron chi connectivity index (χ4n) is 2.14. The van der Waals surface area contributed by atoms with Gasteiger partial charge in [0.15, 0.2) is 0 Å². The summed E-state index contributed by atoms with van der Waals surface area (Å²) >= 11 is 0. The number of aliphatic hydroxyl groups is 1. The number of hydrogen-bond acceptors (Lipinski definition) is 2. The normalized spacial score (nSPS) is 22.5. The van der Waals surface area contributed by atoms with Crippen molar-refractivity contribution in [3.63, 3.8) is 0 Å². The molecule has 0 aromatic rings. The molecule has 0 aromatic heterocycles. The van der Waals surface area contributed by atoms with Crippen LogP contribution in [0, 0.1) is 11.8 Å². The lowest BCUT2D eigenvalue weighted by molar-refractivity contribution is 0.190. The fourth-order valence-corrected chi connectivity index (χ4v) is 2.14. The van der Waals surface area contributed by atoms with E-state index in [1.54, 1.807) is 0 Å². The maximum atomic E-state index is 8.98. The Hall–Kier alpha value is -0.0800. The van der Waals surface area contributed by atoms with E-state index in [1.807, 2.05) is 0 Å². The monoisotopic (exact) mass is 171 g/mol. The first kappa shape index (κ1) is 10.0. The average Bonchev–Trinajstić information content (AvgIpc) is 2.16. The summed E-state index contributed by atoms with van der Waals surface area (Å²) < 4.78 is 0. The van der Waals surface area contributed by atoms with Crippen LogP contribution in [0.2, 0.25) is 0 Å².